The van der Waals surface area contributed by atoms with E-state index in [1.165, 1.54) is 0 Å². The van der Waals surface area contributed by atoms with E-state index in [4.69, 9.17) is 4.74 Å². The molecule has 1 aliphatic heterocycles. The predicted octanol–water partition coefficient (Wildman–Crippen LogP) is 1.24. The van der Waals surface area contributed by atoms with Gasteiger partial charge in [-0.15, -0.1) is 0 Å². The molecule has 2 heterocycles. The van der Waals surface area contributed by atoms with Crippen molar-refractivity contribution in [2.75, 3.05) is 7.05 Å². The molecule has 1 amide bonds. The SMILES string of the molecule is Cc1cn(C)c([C@H]2OC(=O)N(C)[C@H]2C)n1. The van der Waals surface area contributed by atoms with E-state index >= 15 is 0 Å². The first-order valence-electron chi connectivity index (χ1n) is 4.94. The summed E-state index contributed by atoms with van der Waals surface area (Å²) in [6, 6.07) is 0.0259. The summed E-state index contributed by atoms with van der Waals surface area (Å²) in [6.07, 6.45) is 1.38. The lowest BCUT2D eigenvalue weighted by atomic mass is 10.2. The molecule has 15 heavy (non-hydrogen) atoms. The van der Waals surface area contributed by atoms with Crippen LogP contribution in [0.3, 0.4) is 0 Å². The maximum Gasteiger partial charge on any atom is 0.410 e. The van der Waals surface area contributed by atoms with Crippen molar-refractivity contribution in [2.24, 2.45) is 7.05 Å². The lowest BCUT2D eigenvalue weighted by molar-refractivity contribution is 0.125. The van der Waals surface area contributed by atoms with Gasteiger partial charge in [-0.05, 0) is 13.8 Å². The Labute approximate surface area is 88.7 Å². The average molecular weight is 209 g/mol. The minimum Gasteiger partial charge on any atom is -0.436 e. The van der Waals surface area contributed by atoms with Gasteiger partial charge >= 0.3 is 6.09 Å². The molecule has 0 aromatic carbocycles. The van der Waals surface area contributed by atoms with Crippen LogP contribution >= 0.6 is 0 Å². The van der Waals surface area contributed by atoms with Crippen LogP contribution in [0.1, 0.15) is 24.5 Å². The van der Waals surface area contributed by atoms with Crippen LogP contribution in [0.4, 0.5) is 4.79 Å². The van der Waals surface area contributed by atoms with Crippen molar-refractivity contribution in [3.63, 3.8) is 0 Å². The molecular weight excluding hydrogens is 194 g/mol. The number of amides is 1. The number of hydrogen-bond acceptors (Lipinski definition) is 3. The molecule has 2 rings (SSSR count). The fraction of sp³-hybridized carbons (Fsp3) is 0.600. The first kappa shape index (κ1) is 10.0. The van der Waals surface area contributed by atoms with Crippen LogP contribution in [-0.2, 0) is 11.8 Å². The molecule has 0 radical (unpaired) electrons. The largest absolute Gasteiger partial charge is 0.436 e. The van der Waals surface area contributed by atoms with E-state index in [-0.39, 0.29) is 18.2 Å². The molecule has 1 aromatic rings. The standard InChI is InChI=1S/C10H15N3O2/c1-6-5-12(3)9(11-6)8-7(2)13(4)10(14)15-8/h5,7-8H,1-4H3/t7-,8-/m0/s1. The number of imidazole rings is 1. The van der Waals surface area contributed by atoms with Gasteiger partial charge in [0.1, 0.15) is 0 Å². The van der Waals surface area contributed by atoms with E-state index in [1.807, 2.05) is 31.7 Å². The van der Waals surface area contributed by atoms with Gasteiger partial charge in [0.2, 0.25) is 0 Å². The van der Waals surface area contributed by atoms with Crippen molar-refractivity contribution >= 4 is 6.09 Å². The summed E-state index contributed by atoms with van der Waals surface area (Å²) in [4.78, 5) is 17.3. The molecule has 82 valence electrons. The molecule has 0 unspecified atom stereocenters. The van der Waals surface area contributed by atoms with Gasteiger partial charge in [-0.25, -0.2) is 9.78 Å². The van der Waals surface area contributed by atoms with Crippen molar-refractivity contribution in [1.82, 2.24) is 14.5 Å². The quantitative estimate of drug-likeness (QED) is 0.699. The summed E-state index contributed by atoms with van der Waals surface area (Å²) in [5.74, 6) is 0.803. The van der Waals surface area contributed by atoms with Crippen molar-refractivity contribution in [3.05, 3.63) is 17.7 Å². The number of ether oxygens (including phenoxy) is 1. The number of rotatable bonds is 1. The number of hydrogen-bond donors (Lipinski definition) is 0. The Bertz CT molecular complexity index is 399. The monoisotopic (exact) mass is 209 g/mol. The highest BCUT2D eigenvalue weighted by Crippen LogP contribution is 2.30. The highest BCUT2D eigenvalue weighted by atomic mass is 16.6. The molecule has 0 N–H and O–H groups in total. The third kappa shape index (κ3) is 1.48. The lowest BCUT2D eigenvalue weighted by Crippen LogP contribution is -2.28. The van der Waals surface area contributed by atoms with E-state index in [0.29, 0.717) is 0 Å². The average Bonchev–Trinajstić information content (AvgIpc) is 2.61. The zero-order chi connectivity index (χ0) is 11.2. The van der Waals surface area contributed by atoms with Crippen LogP contribution in [0.25, 0.3) is 0 Å². The molecule has 0 bridgehead atoms. The summed E-state index contributed by atoms with van der Waals surface area (Å²) in [5.41, 5.74) is 0.935. The van der Waals surface area contributed by atoms with E-state index < -0.39 is 0 Å². The van der Waals surface area contributed by atoms with Crippen LogP contribution in [-0.4, -0.2) is 33.6 Å². The maximum absolute atomic E-state index is 11.4. The van der Waals surface area contributed by atoms with Gasteiger partial charge in [-0.3, -0.25) is 0 Å². The van der Waals surface area contributed by atoms with Gasteiger partial charge in [0.15, 0.2) is 11.9 Å². The normalized spacial score (nSPS) is 25.9. The molecule has 1 fully saturated rings. The van der Waals surface area contributed by atoms with Crippen molar-refractivity contribution in [1.29, 1.82) is 0 Å². The molecule has 0 aliphatic carbocycles. The Balaban J connectivity index is 2.33. The topological polar surface area (TPSA) is 47.4 Å². The molecule has 1 saturated heterocycles. The molecular formula is C10H15N3O2. The summed E-state index contributed by atoms with van der Waals surface area (Å²) >= 11 is 0. The minimum absolute atomic E-state index is 0.0259. The summed E-state index contributed by atoms with van der Waals surface area (Å²) in [6.45, 7) is 3.88. The molecule has 5 nitrogen and oxygen atoms in total. The highest BCUT2D eigenvalue weighted by Gasteiger charge is 2.39. The number of likely N-dealkylation sites (N-methyl/N-ethyl adjacent to an activating group) is 1. The second-order valence-corrected chi connectivity index (χ2v) is 4.01. The lowest BCUT2D eigenvalue weighted by Gasteiger charge is -2.15. The van der Waals surface area contributed by atoms with Crippen LogP contribution in [0.5, 0.6) is 0 Å². The molecule has 5 heteroatoms. The third-order valence-corrected chi connectivity index (χ3v) is 2.85. The van der Waals surface area contributed by atoms with Crippen molar-refractivity contribution in [3.8, 4) is 0 Å². The van der Waals surface area contributed by atoms with Gasteiger partial charge < -0.3 is 14.2 Å². The number of cyclic esters (lactones) is 1. The van der Waals surface area contributed by atoms with Crippen LogP contribution < -0.4 is 0 Å². The zero-order valence-electron chi connectivity index (χ0n) is 9.39. The summed E-state index contributed by atoms with van der Waals surface area (Å²) in [5, 5.41) is 0. The Morgan fingerprint density at radius 1 is 1.47 bits per heavy atom. The van der Waals surface area contributed by atoms with Crippen molar-refractivity contribution < 1.29 is 9.53 Å². The smallest absolute Gasteiger partial charge is 0.410 e. The maximum atomic E-state index is 11.4. The number of aromatic nitrogens is 2. The van der Waals surface area contributed by atoms with Crippen LogP contribution in [0.2, 0.25) is 0 Å². The Kier molecular flexibility index (Phi) is 2.17. The van der Waals surface area contributed by atoms with Crippen molar-refractivity contribution in [2.45, 2.75) is 26.0 Å². The summed E-state index contributed by atoms with van der Waals surface area (Å²) < 4.78 is 7.18. The Hall–Kier alpha value is -1.52. The van der Waals surface area contributed by atoms with Gasteiger partial charge in [-0.1, -0.05) is 0 Å². The van der Waals surface area contributed by atoms with E-state index in [1.54, 1.807) is 11.9 Å². The van der Waals surface area contributed by atoms with Gasteiger partial charge in [0, 0.05) is 20.3 Å². The fourth-order valence-electron chi connectivity index (χ4n) is 1.83. The number of carbonyl (C=O) groups is 1. The third-order valence-electron chi connectivity index (χ3n) is 2.85. The molecule has 1 aromatic heterocycles. The molecule has 0 saturated carbocycles. The molecule has 2 atom stereocenters. The molecule has 0 spiro atoms. The van der Waals surface area contributed by atoms with E-state index in [2.05, 4.69) is 4.98 Å². The highest BCUT2D eigenvalue weighted by molar-refractivity contribution is 5.70. The van der Waals surface area contributed by atoms with Gasteiger partial charge in [0.25, 0.3) is 0 Å². The molecule has 1 aliphatic rings. The summed E-state index contributed by atoms with van der Waals surface area (Å²) in [7, 11) is 3.65. The minimum atomic E-state index is -0.284. The Morgan fingerprint density at radius 3 is 2.53 bits per heavy atom. The number of aryl methyl sites for hydroxylation is 2. The fourth-order valence-corrected chi connectivity index (χ4v) is 1.83. The first-order chi connectivity index (χ1) is 7.00. The second-order valence-electron chi connectivity index (χ2n) is 4.01. The van der Waals surface area contributed by atoms with E-state index in [9.17, 15) is 4.79 Å². The van der Waals surface area contributed by atoms with Crippen LogP contribution in [0, 0.1) is 6.92 Å². The number of nitrogens with zero attached hydrogens (tertiary/aromatic N) is 3. The Morgan fingerprint density at radius 2 is 2.13 bits per heavy atom. The first-order valence-corrected chi connectivity index (χ1v) is 4.94. The second kappa shape index (κ2) is 3.25. The van der Waals surface area contributed by atoms with Gasteiger partial charge in [0.05, 0.1) is 11.7 Å². The van der Waals surface area contributed by atoms with E-state index in [0.717, 1.165) is 11.5 Å². The number of carbonyl (C=O) groups excluding carboxylic acids is 1. The van der Waals surface area contributed by atoms with Crippen LogP contribution in [0.15, 0.2) is 6.20 Å². The zero-order valence-corrected chi connectivity index (χ0v) is 9.39. The predicted molar refractivity (Wildman–Crippen MR) is 54.4 cm³/mol. The van der Waals surface area contributed by atoms with Gasteiger partial charge in [-0.2, -0.15) is 0 Å².